The summed E-state index contributed by atoms with van der Waals surface area (Å²) >= 11 is 0. The van der Waals surface area contributed by atoms with Gasteiger partial charge >= 0.3 is 11.9 Å². The summed E-state index contributed by atoms with van der Waals surface area (Å²) in [5.41, 5.74) is -1.15. The van der Waals surface area contributed by atoms with Crippen LogP contribution in [-0.4, -0.2) is 36.6 Å². The number of hydrogen-bond donors (Lipinski definition) is 3. The Kier molecular flexibility index (Phi) is 4.66. The molecule has 1 aliphatic rings. The maximum absolute atomic E-state index is 13.4. The molecule has 0 heterocycles. The number of aromatic carboxylic acids is 1. The third-order valence-electron chi connectivity index (χ3n) is 3.40. The van der Waals surface area contributed by atoms with Crippen molar-refractivity contribution < 1.29 is 37.0 Å². The molecule has 0 bridgehead atoms. The van der Waals surface area contributed by atoms with E-state index in [0.717, 1.165) is 12.8 Å². The third-order valence-corrected chi connectivity index (χ3v) is 4.86. The maximum atomic E-state index is 13.4. The summed E-state index contributed by atoms with van der Waals surface area (Å²) in [6.45, 7) is 0. The van der Waals surface area contributed by atoms with Crippen molar-refractivity contribution in [3.63, 3.8) is 0 Å². The van der Waals surface area contributed by atoms with Crippen molar-refractivity contribution in [3.05, 3.63) is 29.3 Å². The minimum absolute atomic E-state index is 0.0734. The van der Waals surface area contributed by atoms with E-state index < -0.39 is 50.1 Å². The molecule has 126 valence electrons. The van der Waals surface area contributed by atoms with E-state index in [9.17, 15) is 26.8 Å². The van der Waals surface area contributed by atoms with Gasteiger partial charge in [0.25, 0.3) is 0 Å². The fraction of sp³-hybridized carbons (Fsp3) is 0.385. The van der Waals surface area contributed by atoms with Gasteiger partial charge in [0, 0.05) is 0 Å². The Labute approximate surface area is 130 Å². The van der Waals surface area contributed by atoms with E-state index in [1.54, 1.807) is 0 Å². The molecule has 0 aromatic heterocycles. The lowest BCUT2D eigenvalue weighted by atomic mass is 10.1. The van der Waals surface area contributed by atoms with Gasteiger partial charge in [0.05, 0.1) is 10.5 Å². The zero-order chi connectivity index (χ0) is 17.4. The van der Waals surface area contributed by atoms with Gasteiger partial charge < -0.3 is 10.2 Å². The highest BCUT2D eigenvalue weighted by molar-refractivity contribution is 7.89. The number of aliphatic carboxylic acids is 1. The first-order valence-electron chi connectivity index (χ1n) is 6.59. The molecule has 23 heavy (non-hydrogen) atoms. The second-order valence-corrected chi connectivity index (χ2v) is 6.98. The van der Waals surface area contributed by atoms with E-state index >= 15 is 0 Å². The number of rotatable bonds is 7. The molecule has 7 nitrogen and oxygen atoms in total. The average molecular weight is 349 g/mol. The summed E-state index contributed by atoms with van der Waals surface area (Å²) in [6, 6.07) is -0.673. The Hall–Kier alpha value is -2.07. The van der Waals surface area contributed by atoms with Crippen LogP contribution in [0.4, 0.5) is 8.78 Å². The number of benzene rings is 1. The van der Waals surface area contributed by atoms with Crippen molar-refractivity contribution in [1.29, 1.82) is 0 Å². The predicted octanol–water partition coefficient (Wildman–Crippen LogP) is 1.19. The van der Waals surface area contributed by atoms with Crippen LogP contribution < -0.4 is 4.72 Å². The van der Waals surface area contributed by atoms with Crippen molar-refractivity contribution in [1.82, 2.24) is 4.72 Å². The zero-order valence-corrected chi connectivity index (χ0v) is 12.4. The van der Waals surface area contributed by atoms with Gasteiger partial charge in [-0.1, -0.05) is 12.8 Å². The van der Waals surface area contributed by atoms with E-state index in [4.69, 9.17) is 10.2 Å². The molecule has 0 unspecified atom stereocenters. The number of nitrogens with one attached hydrogen (secondary N) is 1. The van der Waals surface area contributed by atoms with E-state index in [1.807, 2.05) is 4.72 Å². The second kappa shape index (κ2) is 6.20. The van der Waals surface area contributed by atoms with Crippen molar-refractivity contribution in [2.75, 3.05) is 0 Å². The average Bonchev–Trinajstić information content (AvgIpc) is 3.24. The van der Waals surface area contributed by atoms with Crippen molar-refractivity contribution in [2.45, 2.75) is 30.2 Å². The van der Waals surface area contributed by atoms with Crippen LogP contribution >= 0.6 is 0 Å². The molecule has 1 saturated carbocycles. The summed E-state index contributed by atoms with van der Waals surface area (Å²) in [5, 5.41) is 17.8. The quantitative estimate of drug-likeness (QED) is 0.680. The molecule has 0 saturated heterocycles. The monoisotopic (exact) mass is 349 g/mol. The van der Waals surface area contributed by atoms with Gasteiger partial charge in [-0.2, -0.15) is 4.72 Å². The molecule has 3 N–H and O–H groups in total. The number of carboxylic acid groups (broad SMARTS) is 2. The minimum Gasteiger partial charge on any atom is -0.480 e. The van der Waals surface area contributed by atoms with Gasteiger partial charge in [-0.05, 0) is 24.5 Å². The fourth-order valence-corrected chi connectivity index (χ4v) is 3.26. The predicted molar refractivity (Wildman–Crippen MR) is 72.4 cm³/mol. The first-order chi connectivity index (χ1) is 10.6. The van der Waals surface area contributed by atoms with Gasteiger partial charge in [0.15, 0.2) is 11.6 Å². The van der Waals surface area contributed by atoms with Crippen molar-refractivity contribution >= 4 is 22.0 Å². The molecule has 0 spiro atoms. The van der Waals surface area contributed by atoms with Crippen LogP contribution in [0, 0.1) is 17.6 Å². The zero-order valence-electron chi connectivity index (χ0n) is 11.6. The van der Waals surface area contributed by atoms with Gasteiger partial charge in [0.1, 0.15) is 6.04 Å². The molecule has 1 aromatic rings. The maximum Gasteiger partial charge on any atom is 0.338 e. The highest BCUT2D eigenvalue weighted by atomic mass is 32.2. The van der Waals surface area contributed by atoms with Crippen LogP contribution in [0.3, 0.4) is 0 Å². The second-order valence-electron chi connectivity index (χ2n) is 5.26. The molecular formula is C13H13F2NO6S. The summed E-state index contributed by atoms with van der Waals surface area (Å²) < 4.78 is 52.9. The number of hydrogen-bond acceptors (Lipinski definition) is 4. The number of sulfonamides is 1. The molecule has 0 amide bonds. The summed E-state index contributed by atoms with van der Waals surface area (Å²) in [4.78, 5) is 21.1. The van der Waals surface area contributed by atoms with E-state index in [0.29, 0.717) is 12.1 Å². The van der Waals surface area contributed by atoms with E-state index in [-0.39, 0.29) is 12.3 Å². The topological polar surface area (TPSA) is 121 Å². The molecule has 2 rings (SSSR count). The molecule has 10 heteroatoms. The van der Waals surface area contributed by atoms with Gasteiger partial charge in [-0.3, -0.25) is 4.79 Å². The van der Waals surface area contributed by atoms with Crippen LogP contribution in [-0.2, 0) is 14.8 Å². The van der Waals surface area contributed by atoms with Crippen LogP contribution in [0.2, 0.25) is 0 Å². The van der Waals surface area contributed by atoms with Crippen LogP contribution in [0.1, 0.15) is 29.6 Å². The number of carboxylic acids is 2. The Balaban J connectivity index is 2.34. The molecule has 1 fully saturated rings. The lowest BCUT2D eigenvalue weighted by Gasteiger charge is -2.15. The molecule has 0 radical (unpaired) electrons. The largest absolute Gasteiger partial charge is 0.480 e. The summed E-state index contributed by atoms with van der Waals surface area (Å²) in [5.74, 6) is -6.49. The fourth-order valence-electron chi connectivity index (χ4n) is 2.02. The molecule has 1 aliphatic carbocycles. The third kappa shape index (κ3) is 4.02. The number of halogens is 2. The Morgan fingerprint density at radius 3 is 2.35 bits per heavy atom. The summed E-state index contributed by atoms with van der Waals surface area (Å²) in [6.07, 6.45) is 1.66. The van der Waals surface area contributed by atoms with Crippen LogP contribution in [0.25, 0.3) is 0 Å². The van der Waals surface area contributed by atoms with Crippen molar-refractivity contribution in [2.24, 2.45) is 5.92 Å². The molecule has 1 aromatic carbocycles. The Morgan fingerprint density at radius 1 is 1.26 bits per heavy atom. The molecule has 0 aliphatic heterocycles. The lowest BCUT2D eigenvalue weighted by molar-refractivity contribution is -0.139. The highest BCUT2D eigenvalue weighted by Gasteiger charge is 2.33. The van der Waals surface area contributed by atoms with E-state index in [2.05, 4.69) is 0 Å². The van der Waals surface area contributed by atoms with Gasteiger partial charge in [-0.25, -0.2) is 22.0 Å². The van der Waals surface area contributed by atoms with Gasteiger partial charge in [0.2, 0.25) is 10.0 Å². The first kappa shape index (κ1) is 17.3. The van der Waals surface area contributed by atoms with Crippen LogP contribution in [0.5, 0.6) is 0 Å². The molecular weight excluding hydrogens is 336 g/mol. The first-order valence-corrected chi connectivity index (χ1v) is 8.07. The minimum atomic E-state index is -4.52. The SMILES string of the molecule is O=C(O)c1cc(S(=O)(=O)N[C@@H](CC2CC2)C(=O)O)cc(F)c1F. The standard InChI is InChI=1S/C13H13F2NO6S/c14-9-5-7(4-8(11(9)15)12(17)18)23(21,22)16-10(13(19)20)3-6-1-2-6/h4-6,10,16H,1-3H2,(H,17,18)(H,19,20)/t10-/m0/s1. The smallest absolute Gasteiger partial charge is 0.338 e. The Morgan fingerprint density at radius 2 is 1.87 bits per heavy atom. The van der Waals surface area contributed by atoms with Crippen molar-refractivity contribution in [3.8, 4) is 0 Å². The van der Waals surface area contributed by atoms with Crippen LogP contribution in [0.15, 0.2) is 17.0 Å². The van der Waals surface area contributed by atoms with Gasteiger partial charge in [-0.15, -0.1) is 0 Å². The highest BCUT2D eigenvalue weighted by Crippen LogP contribution is 2.34. The number of carbonyl (C=O) groups is 2. The summed E-state index contributed by atoms with van der Waals surface area (Å²) in [7, 11) is -4.52. The lowest BCUT2D eigenvalue weighted by Crippen LogP contribution is -2.41. The normalized spacial score (nSPS) is 16.1. The Bertz CT molecular complexity index is 760. The van der Waals surface area contributed by atoms with E-state index in [1.165, 1.54) is 0 Å². The molecule has 1 atom stereocenters.